The lowest BCUT2D eigenvalue weighted by Crippen LogP contribution is -2.15. The molecule has 0 unspecified atom stereocenters. The van der Waals surface area contributed by atoms with Crippen LogP contribution < -0.4 is 0 Å². The Morgan fingerprint density at radius 1 is 0.622 bits per heavy atom. The molecule has 0 fully saturated rings. The number of hydrogen-bond donors (Lipinski definition) is 0. The molecule has 0 N–H and O–H groups in total. The van der Waals surface area contributed by atoms with E-state index in [-0.39, 0.29) is 5.41 Å². The van der Waals surface area contributed by atoms with Crippen LogP contribution in [-0.4, -0.2) is 19.8 Å². The molecular weight excluding hydrogens is 479 g/mol. The molecule has 3 rings (SSSR count). The van der Waals surface area contributed by atoms with Crippen molar-refractivity contribution in [3.8, 4) is 0 Å². The van der Waals surface area contributed by atoms with E-state index >= 15 is 0 Å². The monoisotopic (exact) mass is 522 g/mol. The molecule has 0 aliphatic carbocycles. The van der Waals surface area contributed by atoms with E-state index in [1.165, 1.54) is 22.3 Å². The Kier molecular flexibility index (Phi) is 12.1. The van der Waals surface area contributed by atoms with Crippen LogP contribution in [0.5, 0.6) is 0 Å². The number of phosphoric ester groups is 1. The van der Waals surface area contributed by atoms with Crippen molar-refractivity contribution in [2.24, 2.45) is 0 Å². The Hall–Kier alpha value is -2.23. The molecule has 0 aromatic heterocycles. The third-order valence-electron chi connectivity index (χ3n) is 6.86. The summed E-state index contributed by atoms with van der Waals surface area (Å²) in [4.78, 5) is 0. The van der Waals surface area contributed by atoms with Crippen LogP contribution in [0.25, 0.3) is 0 Å². The molecule has 3 aromatic carbocycles. The summed E-state index contributed by atoms with van der Waals surface area (Å²) in [5.41, 5.74) is 5.24. The largest absolute Gasteiger partial charge is 0.474 e. The molecule has 0 aliphatic rings. The lowest BCUT2D eigenvalue weighted by atomic mass is 9.81. The van der Waals surface area contributed by atoms with Gasteiger partial charge in [-0.1, -0.05) is 106 Å². The molecule has 37 heavy (non-hydrogen) atoms. The van der Waals surface area contributed by atoms with Crippen molar-refractivity contribution in [3.05, 3.63) is 107 Å². The zero-order chi connectivity index (χ0) is 26.4. The fourth-order valence-corrected chi connectivity index (χ4v) is 5.39. The maximum Gasteiger partial charge on any atom is 0.474 e. The highest BCUT2D eigenvalue weighted by Gasteiger charge is 2.26. The van der Waals surface area contributed by atoms with Crippen LogP contribution in [0, 0.1) is 0 Å². The Morgan fingerprint density at radius 3 is 1.51 bits per heavy atom. The number of aryl methyl sites for hydroxylation is 3. The summed E-state index contributed by atoms with van der Waals surface area (Å²) in [6.45, 7) is 7.76. The van der Waals surface area contributed by atoms with Crippen LogP contribution in [0.15, 0.2) is 84.9 Å². The first kappa shape index (κ1) is 29.3. The summed E-state index contributed by atoms with van der Waals surface area (Å²) in [6.07, 6.45) is 5.93. The van der Waals surface area contributed by atoms with Crippen molar-refractivity contribution < 1.29 is 18.1 Å². The van der Waals surface area contributed by atoms with Gasteiger partial charge in [0.15, 0.2) is 0 Å². The van der Waals surface area contributed by atoms with E-state index in [1.807, 2.05) is 36.4 Å². The second kappa shape index (κ2) is 15.2. The molecule has 0 saturated heterocycles. The minimum absolute atomic E-state index is 0.156. The van der Waals surface area contributed by atoms with Crippen molar-refractivity contribution in [3.63, 3.8) is 0 Å². The van der Waals surface area contributed by atoms with Gasteiger partial charge in [-0.25, -0.2) is 4.57 Å². The molecule has 5 heteroatoms. The highest BCUT2D eigenvalue weighted by atomic mass is 31.2. The molecule has 0 saturated carbocycles. The van der Waals surface area contributed by atoms with Gasteiger partial charge in [0.1, 0.15) is 0 Å². The zero-order valence-electron chi connectivity index (χ0n) is 22.7. The molecule has 0 atom stereocenters. The normalized spacial score (nSPS) is 12.1. The highest BCUT2D eigenvalue weighted by molar-refractivity contribution is 7.48. The first-order valence-electron chi connectivity index (χ1n) is 13.6. The third-order valence-corrected chi connectivity index (χ3v) is 8.35. The SMILES string of the molecule is CCC(C)(C)c1cccc(CCCOP(=O)(OCCCc2ccccc2)OCCCc2ccccc2)c1. The van der Waals surface area contributed by atoms with E-state index < -0.39 is 7.82 Å². The van der Waals surface area contributed by atoms with Crippen molar-refractivity contribution in [2.75, 3.05) is 19.8 Å². The third kappa shape index (κ3) is 10.6. The van der Waals surface area contributed by atoms with Crippen molar-refractivity contribution in [1.82, 2.24) is 0 Å². The van der Waals surface area contributed by atoms with Crippen molar-refractivity contribution in [2.45, 2.75) is 71.1 Å². The van der Waals surface area contributed by atoms with Gasteiger partial charge >= 0.3 is 7.82 Å². The van der Waals surface area contributed by atoms with Crippen LogP contribution in [0.4, 0.5) is 0 Å². The van der Waals surface area contributed by atoms with Crippen LogP contribution in [0.1, 0.15) is 68.7 Å². The molecular formula is C32H43O4P. The molecule has 0 aliphatic heterocycles. The minimum atomic E-state index is -3.62. The second-order valence-corrected chi connectivity index (χ2v) is 11.8. The Bertz CT molecular complexity index is 1030. The summed E-state index contributed by atoms with van der Waals surface area (Å²) in [5, 5.41) is 0. The average Bonchev–Trinajstić information content (AvgIpc) is 2.93. The van der Waals surface area contributed by atoms with E-state index in [1.54, 1.807) is 0 Å². The van der Waals surface area contributed by atoms with Crippen LogP contribution in [0.2, 0.25) is 0 Å². The highest BCUT2D eigenvalue weighted by Crippen LogP contribution is 2.49. The number of rotatable bonds is 17. The topological polar surface area (TPSA) is 44.8 Å². The smallest absolute Gasteiger partial charge is 0.287 e. The van der Waals surface area contributed by atoms with Gasteiger partial charge in [-0.3, -0.25) is 13.6 Å². The summed E-state index contributed by atoms with van der Waals surface area (Å²) < 4.78 is 30.7. The zero-order valence-corrected chi connectivity index (χ0v) is 23.6. The van der Waals surface area contributed by atoms with E-state index in [9.17, 15) is 4.57 Å². The maximum absolute atomic E-state index is 13.4. The molecule has 0 amide bonds. The summed E-state index contributed by atoms with van der Waals surface area (Å²) >= 11 is 0. The standard InChI is InChI=1S/C32H43O4P/c1-4-32(2,3)31-23-11-19-30(27-31)22-14-26-36-37(33,34-24-12-20-28-15-7-5-8-16-28)35-25-13-21-29-17-9-6-10-18-29/h5-11,15-19,23,27H,4,12-14,20-22,24-26H2,1-3H3. The Labute approximate surface area is 224 Å². The van der Waals surface area contributed by atoms with Gasteiger partial charge in [-0.2, -0.15) is 0 Å². The van der Waals surface area contributed by atoms with Crippen LogP contribution >= 0.6 is 7.82 Å². The predicted octanol–water partition coefficient (Wildman–Crippen LogP) is 8.73. The molecule has 200 valence electrons. The molecule has 0 spiro atoms. The van der Waals surface area contributed by atoms with Crippen LogP contribution in [0.3, 0.4) is 0 Å². The molecule has 4 nitrogen and oxygen atoms in total. The molecule has 0 radical (unpaired) electrons. The second-order valence-electron chi connectivity index (χ2n) is 10.2. The lowest BCUT2D eigenvalue weighted by Gasteiger charge is -2.24. The average molecular weight is 523 g/mol. The van der Waals surface area contributed by atoms with E-state index in [2.05, 4.69) is 69.3 Å². The predicted molar refractivity (Wildman–Crippen MR) is 153 cm³/mol. The molecule has 0 heterocycles. The van der Waals surface area contributed by atoms with E-state index in [0.29, 0.717) is 19.8 Å². The lowest BCUT2D eigenvalue weighted by molar-refractivity contribution is 0.110. The van der Waals surface area contributed by atoms with Gasteiger partial charge in [0, 0.05) is 0 Å². The fraction of sp³-hybridized carbons (Fsp3) is 0.438. The first-order valence-corrected chi connectivity index (χ1v) is 15.1. The Balaban J connectivity index is 1.48. The van der Waals surface area contributed by atoms with E-state index in [4.69, 9.17) is 13.6 Å². The van der Waals surface area contributed by atoms with Gasteiger partial charge in [-0.05, 0) is 72.6 Å². The van der Waals surface area contributed by atoms with E-state index in [0.717, 1.165) is 44.9 Å². The Morgan fingerprint density at radius 2 is 1.05 bits per heavy atom. The number of benzene rings is 3. The van der Waals surface area contributed by atoms with Crippen molar-refractivity contribution in [1.29, 1.82) is 0 Å². The van der Waals surface area contributed by atoms with Crippen LogP contribution in [-0.2, 0) is 42.8 Å². The summed E-state index contributed by atoms with van der Waals surface area (Å²) in [5.74, 6) is 0. The minimum Gasteiger partial charge on any atom is -0.287 e. The summed E-state index contributed by atoms with van der Waals surface area (Å²) in [6, 6.07) is 29.2. The summed E-state index contributed by atoms with van der Waals surface area (Å²) in [7, 11) is -3.62. The number of phosphoric acid groups is 1. The quantitative estimate of drug-likeness (QED) is 0.131. The van der Waals surface area contributed by atoms with Gasteiger partial charge in [0.05, 0.1) is 19.8 Å². The van der Waals surface area contributed by atoms with Gasteiger partial charge < -0.3 is 0 Å². The number of hydrogen-bond acceptors (Lipinski definition) is 4. The van der Waals surface area contributed by atoms with Crippen molar-refractivity contribution >= 4 is 7.82 Å². The van der Waals surface area contributed by atoms with Gasteiger partial charge in [0.2, 0.25) is 0 Å². The van der Waals surface area contributed by atoms with Gasteiger partial charge in [-0.15, -0.1) is 0 Å². The maximum atomic E-state index is 13.4. The molecule has 0 bridgehead atoms. The van der Waals surface area contributed by atoms with Gasteiger partial charge in [0.25, 0.3) is 0 Å². The fourth-order valence-electron chi connectivity index (χ4n) is 4.11. The molecule has 3 aromatic rings. The first-order chi connectivity index (χ1) is 17.9.